The molecule has 0 saturated carbocycles. The zero-order valence-corrected chi connectivity index (χ0v) is 25.2. The van der Waals surface area contributed by atoms with Crippen molar-refractivity contribution in [1.29, 1.82) is 0 Å². The number of halogens is 3. The molecule has 0 fully saturated rings. The summed E-state index contributed by atoms with van der Waals surface area (Å²) in [5.74, 6) is -1.73. The van der Waals surface area contributed by atoms with Gasteiger partial charge in [-0.05, 0) is 36.1 Å². The van der Waals surface area contributed by atoms with E-state index in [1.54, 1.807) is 48.5 Å². The van der Waals surface area contributed by atoms with Crippen LogP contribution in [-0.4, -0.2) is 24.1 Å². The fourth-order valence-electron chi connectivity index (χ4n) is 4.59. The van der Waals surface area contributed by atoms with Crippen LogP contribution in [0.15, 0.2) is 119 Å². The van der Waals surface area contributed by atoms with Crippen molar-refractivity contribution in [3.8, 4) is 0 Å². The van der Waals surface area contributed by atoms with Gasteiger partial charge in [-0.2, -0.15) is 13.2 Å². The van der Waals surface area contributed by atoms with E-state index < -0.39 is 30.2 Å². The van der Waals surface area contributed by atoms with Gasteiger partial charge in [0.25, 0.3) is 0 Å². The third kappa shape index (κ3) is 11.0. The molecule has 0 aromatic heterocycles. The molecular formula is C35H31F3N3NiO3. The van der Waals surface area contributed by atoms with E-state index in [4.69, 9.17) is 4.99 Å². The average Bonchev–Trinajstić information content (AvgIpc) is 3.02. The van der Waals surface area contributed by atoms with E-state index in [0.717, 1.165) is 24.1 Å². The molecule has 0 N–H and O–H groups in total. The monoisotopic (exact) mass is 656 g/mol. The number of carbonyl (C=O) groups is 1. The summed E-state index contributed by atoms with van der Waals surface area (Å²) in [6.45, 7) is 1.26. The van der Waals surface area contributed by atoms with Crippen molar-refractivity contribution in [2.24, 2.45) is 9.98 Å². The van der Waals surface area contributed by atoms with Crippen molar-refractivity contribution in [2.45, 2.75) is 44.4 Å². The van der Waals surface area contributed by atoms with Crippen LogP contribution in [-0.2, 0) is 34.0 Å². The number of benzene rings is 4. The van der Waals surface area contributed by atoms with Crippen LogP contribution in [0.1, 0.15) is 59.5 Å². The van der Waals surface area contributed by atoms with E-state index in [2.05, 4.69) is 10.3 Å². The first kappa shape index (κ1) is 35.2. The Balaban J connectivity index is 0.00000552. The summed E-state index contributed by atoms with van der Waals surface area (Å²) in [5.41, 5.74) is 2.37. The summed E-state index contributed by atoms with van der Waals surface area (Å²) in [4.78, 5) is 20.8. The fourth-order valence-corrected chi connectivity index (χ4v) is 4.59. The van der Waals surface area contributed by atoms with Crippen LogP contribution in [0.5, 0.6) is 0 Å². The predicted molar refractivity (Wildman–Crippen MR) is 162 cm³/mol. The molecule has 45 heavy (non-hydrogen) atoms. The van der Waals surface area contributed by atoms with Gasteiger partial charge >= 0.3 is 22.7 Å². The molecule has 0 heterocycles. The second kappa shape index (κ2) is 17.3. The van der Waals surface area contributed by atoms with Crippen molar-refractivity contribution in [3.05, 3.63) is 142 Å². The topological polar surface area (TPSA) is 102 Å². The first-order valence-electron chi connectivity index (χ1n) is 14.2. The molecule has 1 radical (unpaired) electrons. The molecule has 6 nitrogen and oxygen atoms in total. The molecule has 0 aliphatic carbocycles. The van der Waals surface area contributed by atoms with Crippen LogP contribution >= 0.6 is 0 Å². The normalized spacial score (nSPS) is 12.8. The number of hydrogen-bond donors (Lipinski definition) is 0. The van der Waals surface area contributed by atoms with Gasteiger partial charge in [0, 0.05) is 23.5 Å². The van der Waals surface area contributed by atoms with E-state index in [1.165, 1.54) is 12.1 Å². The Labute approximate surface area is 270 Å². The molecule has 235 valence electrons. The molecular weight excluding hydrogens is 626 g/mol. The summed E-state index contributed by atoms with van der Waals surface area (Å²) in [6.07, 6.45) is -3.51. The van der Waals surface area contributed by atoms with E-state index in [9.17, 15) is 28.2 Å². The van der Waals surface area contributed by atoms with Crippen LogP contribution in [0.25, 0.3) is 5.32 Å². The second-order valence-electron chi connectivity index (χ2n) is 10.1. The van der Waals surface area contributed by atoms with Crippen molar-refractivity contribution in [2.75, 3.05) is 6.54 Å². The SMILES string of the molecule is O=C([O-])CC(N=C(c1ccccc1)c1ccccc1N=C([O-])CCCC[N-]Cc1ccccc1)c1ccc(C(F)(F)F)cc1.[Ni+3]. The maximum Gasteiger partial charge on any atom is 3.00 e. The van der Waals surface area contributed by atoms with Gasteiger partial charge in [-0.25, -0.2) is 0 Å². The Morgan fingerprint density at radius 2 is 1.42 bits per heavy atom. The van der Waals surface area contributed by atoms with Gasteiger partial charge in [-0.15, -0.1) is 13.1 Å². The zero-order chi connectivity index (χ0) is 31.4. The van der Waals surface area contributed by atoms with Crippen molar-refractivity contribution in [1.82, 2.24) is 0 Å². The minimum atomic E-state index is -4.54. The maximum atomic E-state index is 13.2. The van der Waals surface area contributed by atoms with Crippen LogP contribution in [0, 0.1) is 0 Å². The summed E-state index contributed by atoms with van der Waals surface area (Å²) in [6, 6.07) is 28.9. The molecule has 4 aromatic carbocycles. The number of aliphatic imine (C=N–C) groups is 2. The summed E-state index contributed by atoms with van der Waals surface area (Å²) < 4.78 is 39.5. The first-order valence-corrected chi connectivity index (χ1v) is 14.2. The largest absolute Gasteiger partial charge is 3.00 e. The Morgan fingerprint density at radius 3 is 2.07 bits per heavy atom. The number of carbonyl (C=O) groups excluding carboxylic acids is 1. The molecule has 4 aromatic rings. The number of para-hydroxylation sites is 1. The Hall–Kier alpha value is -4.27. The zero-order valence-electron chi connectivity index (χ0n) is 24.2. The predicted octanol–water partition coefficient (Wildman–Crippen LogP) is 6.56. The molecule has 1 atom stereocenters. The Morgan fingerprint density at radius 1 is 0.800 bits per heavy atom. The molecule has 0 amide bonds. The van der Waals surface area contributed by atoms with Crippen molar-refractivity contribution < 1.29 is 44.7 Å². The molecule has 0 saturated heterocycles. The number of nitrogens with zero attached hydrogens (tertiary/aromatic N) is 3. The molecule has 0 aliphatic heterocycles. The number of carboxylic acids is 1. The molecule has 0 aliphatic rings. The smallest absolute Gasteiger partial charge is 0.862 e. The molecule has 4 rings (SSSR count). The van der Waals surface area contributed by atoms with E-state index in [0.29, 0.717) is 42.0 Å². The van der Waals surface area contributed by atoms with Crippen molar-refractivity contribution >= 4 is 23.3 Å². The number of carboxylic acid groups (broad SMARTS) is 1. The van der Waals surface area contributed by atoms with Gasteiger partial charge in [-0.1, -0.05) is 109 Å². The average molecular weight is 657 g/mol. The van der Waals surface area contributed by atoms with Crippen molar-refractivity contribution in [3.63, 3.8) is 0 Å². The quantitative estimate of drug-likeness (QED) is 0.0665. The number of rotatable bonds is 14. The standard InChI is InChI=1S/C35H33F3N3O3.Ni/c36-35(37,38)28-20-18-26(19-21-28)31(23-33(43)44)41-34(27-13-5-2-6-14-27)29-15-7-8-16-30(29)40-32(42)17-9-10-22-39-24-25-11-3-1-4-12-25;/h1-8,11-16,18-21,31H,9-10,17,22-24H2,(H,40,42)(H,43,44);/q-1;+3/p-2. The van der Waals surface area contributed by atoms with Gasteiger partial charge in [0.2, 0.25) is 0 Å². The number of hydrogen-bond acceptors (Lipinski definition) is 5. The number of aliphatic carboxylic acids is 1. The molecule has 1 unspecified atom stereocenters. The van der Waals surface area contributed by atoms with Crippen LogP contribution < -0.4 is 10.2 Å². The Kier molecular flexibility index (Phi) is 13.5. The van der Waals surface area contributed by atoms with Crippen LogP contribution in [0.2, 0.25) is 0 Å². The Bertz CT molecular complexity index is 1560. The van der Waals surface area contributed by atoms with Gasteiger partial charge in [0.1, 0.15) is 0 Å². The first-order chi connectivity index (χ1) is 21.2. The van der Waals surface area contributed by atoms with Gasteiger partial charge < -0.3 is 20.3 Å². The minimum absolute atomic E-state index is 0. The minimum Gasteiger partial charge on any atom is -0.862 e. The van der Waals surface area contributed by atoms with Crippen LogP contribution in [0.3, 0.4) is 0 Å². The fraction of sp³-hybridized carbons (Fsp3) is 0.229. The summed E-state index contributed by atoms with van der Waals surface area (Å²) in [7, 11) is 0. The molecule has 0 spiro atoms. The van der Waals surface area contributed by atoms with E-state index in [1.807, 2.05) is 36.4 Å². The number of unbranched alkanes of at least 4 members (excludes halogenated alkanes) is 1. The molecule has 0 bridgehead atoms. The summed E-state index contributed by atoms with van der Waals surface area (Å²) >= 11 is 0. The third-order valence-corrected chi connectivity index (χ3v) is 6.81. The van der Waals surface area contributed by atoms with Gasteiger partial charge in [0.05, 0.1) is 23.0 Å². The van der Waals surface area contributed by atoms with Crippen LogP contribution in [0.4, 0.5) is 18.9 Å². The van der Waals surface area contributed by atoms with E-state index in [-0.39, 0.29) is 34.4 Å². The maximum absolute atomic E-state index is 13.2. The van der Waals surface area contributed by atoms with Gasteiger partial charge in [0.15, 0.2) is 0 Å². The van der Waals surface area contributed by atoms with Gasteiger partial charge in [-0.3, -0.25) is 9.98 Å². The third-order valence-electron chi connectivity index (χ3n) is 6.81. The second-order valence-corrected chi connectivity index (χ2v) is 10.1. The van der Waals surface area contributed by atoms with E-state index >= 15 is 0 Å². The summed E-state index contributed by atoms with van der Waals surface area (Å²) in [5, 5.41) is 29.1. The number of alkyl halides is 3. The molecule has 10 heteroatoms.